The largest absolute Gasteiger partial charge is 0.482 e. The van der Waals surface area contributed by atoms with E-state index in [1.165, 1.54) is 18.3 Å². The van der Waals surface area contributed by atoms with Gasteiger partial charge in [-0.1, -0.05) is 17.7 Å². The van der Waals surface area contributed by atoms with Gasteiger partial charge in [-0.05, 0) is 24.3 Å². The topological polar surface area (TPSA) is 88.5 Å². The van der Waals surface area contributed by atoms with E-state index in [1.807, 2.05) is 0 Å². The molecule has 0 fully saturated rings. The number of hydrogen-bond donors (Lipinski definition) is 2. The Bertz CT molecular complexity index is 676. The van der Waals surface area contributed by atoms with E-state index in [0.717, 1.165) is 0 Å². The van der Waals surface area contributed by atoms with E-state index in [-0.39, 0.29) is 5.69 Å². The lowest BCUT2D eigenvalue weighted by atomic mass is 10.2. The van der Waals surface area contributed by atoms with Crippen molar-refractivity contribution in [3.63, 3.8) is 0 Å². The molecule has 0 aliphatic carbocycles. The van der Waals surface area contributed by atoms with Gasteiger partial charge in [0.2, 0.25) is 0 Å². The maximum atomic E-state index is 12.0. The summed E-state index contributed by atoms with van der Waals surface area (Å²) in [7, 11) is 0. The zero-order chi connectivity index (χ0) is 15.2. The highest BCUT2D eigenvalue weighted by Gasteiger charge is 2.09. The molecule has 0 aliphatic heterocycles. The zero-order valence-corrected chi connectivity index (χ0v) is 11.5. The Balaban J connectivity index is 2.07. The molecule has 21 heavy (non-hydrogen) atoms. The van der Waals surface area contributed by atoms with E-state index in [2.05, 4.69) is 10.3 Å². The van der Waals surface area contributed by atoms with Crippen LogP contribution in [0.25, 0.3) is 0 Å². The third kappa shape index (κ3) is 4.47. The molecule has 0 bridgehead atoms. The first kappa shape index (κ1) is 14.8. The van der Waals surface area contributed by atoms with Gasteiger partial charge in [0.1, 0.15) is 11.4 Å². The van der Waals surface area contributed by atoms with Crippen LogP contribution >= 0.6 is 11.6 Å². The van der Waals surface area contributed by atoms with Gasteiger partial charge in [-0.2, -0.15) is 0 Å². The molecular formula is C14H11ClN2O4. The van der Waals surface area contributed by atoms with Crippen LogP contribution in [0.4, 0.5) is 5.69 Å². The Morgan fingerprint density at radius 1 is 1.29 bits per heavy atom. The van der Waals surface area contributed by atoms with Crippen LogP contribution in [-0.4, -0.2) is 28.6 Å². The van der Waals surface area contributed by atoms with E-state index in [4.69, 9.17) is 21.4 Å². The highest BCUT2D eigenvalue weighted by Crippen LogP contribution is 2.18. The van der Waals surface area contributed by atoms with Crippen LogP contribution in [0, 0.1) is 0 Å². The fourth-order valence-corrected chi connectivity index (χ4v) is 1.69. The smallest absolute Gasteiger partial charge is 0.341 e. The van der Waals surface area contributed by atoms with Gasteiger partial charge in [0.25, 0.3) is 5.91 Å². The number of aromatic nitrogens is 1. The summed E-state index contributed by atoms with van der Waals surface area (Å²) in [6, 6.07) is 9.41. The van der Waals surface area contributed by atoms with Crippen molar-refractivity contribution in [2.45, 2.75) is 0 Å². The molecule has 0 saturated carbocycles. The monoisotopic (exact) mass is 306 g/mol. The van der Waals surface area contributed by atoms with Crippen LogP contribution in [0.1, 0.15) is 10.5 Å². The maximum Gasteiger partial charge on any atom is 0.341 e. The second-order valence-corrected chi connectivity index (χ2v) is 4.46. The number of carbonyl (C=O) groups excluding carboxylic acids is 1. The molecule has 1 aromatic carbocycles. The number of aliphatic carboxylic acids is 1. The fourth-order valence-electron chi connectivity index (χ4n) is 1.53. The van der Waals surface area contributed by atoms with Crippen LogP contribution in [0.15, 0.2) is 42.6 Å². The Morgan fingerprint density at radius 2 is 2.10 bits per heavy atom. The first-order valence-corrected chi connectivity index (χ1v) is 6.30. The van der Waals surface area contributed by atoms with Gasteiger partial charge in [0.05, 0.1) is 0 Å². The molecule has 1 aromatic heterocycles. The van der Waals surface area contributed by atoms with Crippen LogP contribution < -0.4 is 10.1 Å². The molecule has 0 saturated heterocycles. The first-order valence-electron chi connectivity index (χ1n) is 5.92. The number of nitrogens with zero attached hydrogens (tertiary/aromatic N) is 1. The molecule has 6 nitrogen and oxygen atoms in total. The van der Waals surface area contributed by atoms with E-state index in [1.54, 1.807) is 24.3 Å². The van der Waals surface area contributed by atoms with E-state index in [0.29, 0.717) is 16.5 Å². The van der Waals surface area contributed by atoms with Gasteiger partial charge in [-0.3, -0.25) is 9.78 Å². The van der Waals surface area contributed by atoms with E-state index in [9.17, 15) is 9.59 Å². The minimum Gasteiger partial charge on any atom is -0.482 e. The number of carboxylic acid groups (broad SMARTS) is 1. The maximum absolute atomic E-state index is 12.0. The van der Waals surface area contributed by atoms with Crippen molar-refractivity contribution < 1.29 is 19.4 Å². The number of halogens is 1. The predicted molar refractivity (Wildman–Crippen MR) is 76.8 cm³/mol. The molecule has 0 radical (unpaired) electrons. The molecule has 108 valence electrons. The Labute approximate surface area is 125 Å². The minimum absolute atomic E-state index is 0.180. The van der Waals surface area contributed by atoms with E-state index < -0.39 is 18.5 Å². The number of ether oxygens (including phenoxy) is 1. The summed E-state index contributed by atoms with van der Waals surface area (Å²) in [5.74, 6) is -1.16. The van der Waals surface area contributed by atoms with Crippen molar-refractivity contribution in [3.05, 3.63) is 53.3 Å². The summed E-state index contributed by atoms with van der Waals surface area (Å²) in [5.41, 5.74) is 0.643. The molecule has 0 spiro atoms. The number of benzene rings is 1. The third-order valence-electron chi connectivity index (χ3n) is 2.41. The molecule has 0 atom stereocenters. The second kappa shape index (κ2) is 6.71. The molecule has 1 heterocycles. The summed E-state index contributed by atoms with van der Waals surface area (Å²) in [5, 5.41) is 11.6. The molecule has 0 unspecified atom stereocenters. The summed E-state index contributed by atoms with van der Waals surface area (Å²) in [6.45, 7) is -0.451. The molecule has 2 rings (SSSR count). The number of rotatable bonds is 5. The lowest BCUT2D eigenvalue weighted by Crippen LogP contribution is -2.14. The van der Waals surface area contributed by atoms with Gasteiger partial charge < -0.3 is 15.2 Å². The lowest BCUT2D eigenvalue weighted by molar-refractivity contribution is -0.139. The van der Waals surface area contributed by atoms with Gasteiger partial charge in [0, 0.05) is 23.0 Å². The summed E-state index contributed by atoms with van der Waals surface area (Å²) in [4.78, 5) is 26.3. The SMILES string of the molecule is O=C(O)COc1cccc(NC(=O)c2cc(Cl)ccn2)c1. The Morgan fingerprint density at radius 3 is 2.81 bits per heavy atom. The summed E-state index contributed by atoms with van der Waals surface area (Å²) in [6.07, 6.45) is 1.43. The van der Waals surface area contributed by atoms with Crippen molar-refractivity contribution in [1.29, 1.82) is 0 Å². The van der Waals surface area contributed by atoms with Crippen molar-refractivity contribution >= 4 is 29.2 Å². The van der Waals surface area contributed by atoms with Crippen molar-refractivity contribution in [1.82, 2.24) is 4.98 Å². The van der Waals surface area contributed by atoms with Crippen LogP contribution in [0.5, 0.6) is 5.75 Å². The minimum atomic E-state index is -1.08. The van der Waals surface area contributed by atoms with Crippen LogP contribution in [0.3, 0.4) is 0 Å². The van der Waals surface area contributed by atoms with Gasteiger partial charge in [-0.25, -0.2) is 4.79 Å². The molecule has 7 heteroatoms. The molecule has 1 amide bonds. The number of amides is 1. The van der Waals surface area contributed by atoms with Crippen molar-refractivity contribution in [2.24, 2.45) is 0 Å². The van der Waals surface area contributed by atoms with Crippen molar-refractivity contribution in [3.8, 4) is 5.75 Å². The number of pyridine rings is 1. The molecule has 0 aliphatic rings. The van der Waals surface area contributed by atoms with Gasteiger partial charge >= 0.3 is 5.97 Å². The lowest BCUT2D eigenvalue weighted by Gasteiger charge is -2.07. The van der Waals surface area contributed by atoms with Gasteiger partial charge in [-0.15, -0.1) is 0 Å². The Kier molecular flexibility index (Phi) is 4.73. The highest BCUT2D eigenvalue weighted by atomic mass is 35.5. The zero-order valence-electron chi connectivity index (χ0n) is 10.7. The number of carboxylic acids is 1. The molecule has 2 aromatic rings. The average Bonchev–Trinajstić information content (AvgIpc) is 2.45. The van der Waals surface area contributed by atoms with Gasteiger partial charge in [0.15, 0.2) is 6.61 Å². The first-order chi connectivity index (χ1) is 10.0. The molecule has 2 N–H and O–H groups in total. The Hall–Kier alpha value is -2.60. The standard InChI is InChI=1S/C14H11ClN2O4/c15-9-4-5-16-12(6-9)14(20)17-10-2-1-3-11(7-10)21-8-13(18)19/h1-7H,8H2,(H,17,20)(H,18,19). The number of hydrogen-bond acceptors (Lipinski definition) is 4. The van der Waals surface area contributed by atoms with Crippen LogP contribution in [0.2, 0.25) is 5.02 Å². The third-order valence-corrected chi connectivity index (χ3v) is 2.64. The average molecular weight is 307 g/mol. The normalized spacial score (nSPS) is 9.95. The number of nitrogens with one attached hydrogen (secondary N) is 1. The fraction of sp³-hybridized carbons (Fsp3) is 0.0714. The predicted octanol–water partition coefficient (Wildman–Crippen LogP) is 2.45. The number of carbonyl (C=O) groups is 2. The van der Waals surface area contributed by atoms with E-state index >= 15 is 0 Å². The number of anilines is 1. The summed E-state index contributed by atoms with van der Waals surface area (Å²) < 4.78 is 5.03. The quantitative estimate of drug-likeness (QED) is 0.885. The highest BCUT2D eigenvalue weighted by molar-refractivity contribution is 6.30. The summed E-state index contributed by atoms with van der Waals surface area (Å²) >= 11 is 5.79. The molecular weight excluding hydrogens is 296 g/mol. The van der Waals surface area contributed by atoms with Crippen LogP contribution in [-0.2, 0) is 4.79 Å². The second-order valence-electron chi connectivity index (χ2n) is 4.02. The van der Waals surface area contributed by atoms with Crippen molar-refractivity contribution in [2.75, 3.05) is 11.9 Å².